The molecule has 6 nitrogen and oxygen atoms in total. The van der Waals surface area contributed by atoms with E-state index in [9.17, 15) is 14.4 Å². The highest BCUT2D eigenvalue weighted by atomic mass is 19.1. The Kier molecular flexibility index (Phi) is 4.79. The smallest absolute Gasteiger partial charge is 0.229 e. The van der Waals surface area contributed by atoms with Gasteiger partial charge >= 0.3 is 0 Å². The molecule has 2 heterocycles. The minimum absolute atomic E-state index is 0.0987. The Morgan fingerprint density at radius 1 is 1.31 bits per heavy atom. The Hall–Kier alpha value is -3.09. The highest BCUT2D eigenvalue weighted by Crippen LogP contribution is 2.25. The predicted octanol–water partition coefficient (Wildman–Crippen LogP) is 3.50. The summed E-state index contributed by atoms with van der Waals surface area (Å²) >= 11 is 0. The van der Waals surface area contributed by atoms with E-state index in [1.54, 1.807) is 32.9 Å². The van der Waals surface area contributed by atoms with Gasteiger partial charge in [-0.1, -0.05) is 24.2 Å². The number of hydrogen-bond donors (Lipinski definition) is 0. The number of Topliss-reactive ketones (excluding diaryl/α,β-unsaturated/α-hetero) is 1. The van der Waals surface area contributed by atoms with Crippen molar-refractivity contribution in [2.75, 3.05) is 0 Å². The lowest BCUT2D eigenvalue weighted by Gasteiger charge is -2.09. The second-order valence-corrected chi connectivity index (χ2v) is 6.36. The maximum atomic E-state index is 14.2. The van der Waals surface area contributed by atoms with E-state index in [4.69, 9.17) is 4.52 Å². The van der Waals surface area contributed by atoms with Crippen molar-refractivity contribution in [1.82, 2.24) is 10.1 Å². The third-order valence-electron chi connectivity index (χ3n) is 4.06. The second-order valence-electron chi connectivity index (χ2n) is 6.36. The molecule has 0 amide bonds. The Bertz CT molecular complexity index is 968. The number of pyridine rings is 1. The molecule has 0 saturated carbocycles. The average Bonchev–Trinajstić information content (AvgIpc) is 3.00. The average molecular weight is 355 g/mol. The summed E-state index contributed by atoms with van der Waals surface area (Å²) in [4.78, 5) is 16.7. The predicted molar refractivity (Wildman–Crippen MR) is 91.9 cm³/mol. The summed E-state index contributed by atoms with van der Waals surface area (Å²) in [6.07, 6.45) is 2.53. The van der Waals surface area contributed by atoms with E-state index in [1.807, 2.05) is 0 Å². The van der Waals surface area contributed by atoms with Crippen LogP contribution in [0.1, 0.15) is 46.9 Å². The van der Waals surface area contributed by atoms with Crippen LogP contribution in [0.5, 0.6) is 0 Å². The van der Waals surface area contributed by atoms with Crippen molar-refractivity contribution in [2.45, 2.75) is 33.1 Å². The zero-order valence-corrected chi connectivity index (χ0v) is 14.7. The van der Waals surface area contributed by atoms with Gasteiger partial charge < -0.3 is 9.73 Å². The summed E-state index contributed by atoms with van der Waals surface area (Å²) in [6.45, 7) is 5.27. The van der Waals surface area contributed by atoms with E-state index in [1.165, 1.54) is 24.5 Å². The van der Waals surface area contributed by atoms with Crippen LogP contribution in [0.3, 0.4) is 0 Å². The first-order valence-electron chi connectivity index (χ1n) is 8.17. The van der Waals surface area contributed by atoms with Crippen LogP contribution in [0, 0.1) is 24.9 Å². The molecule has 0 aliphatic heterocycles. The van der Waals surface area contributed by atoms with Crippen molar-refractivity contribution < 1.29 is 18.4 Å². The van der Waals surface area contributed by atoms with E-state index < -0.39 is 5.82 Å². The molecule has 0 unspecified atom stereocenters. The third-order valence-corrected chi connectivity index (χ3v) is 4.06. The van der Waals surface area contributed by atoms with E-state index in [0.29, 0.717) is 22.0 Å². The molecule has 134 valence electrons. The number of hydrogen-bond acceptors (Lipinski definition) is 5. The quantitative estimate of drug-likeness (QED) is 0.397. The zero-order chi connectivity index (χ0) is 18.8. The first kappa shape index (κ1) is 17.7. The number of rotatable bonds is 5. The van der Waals surface area contributed by atoms with Crippen molar-refractivity contribution in [3.8, 4) is 11.1 Å². The maximum Gasteiger partial charge on any atom is 0.229 e. The molecule has 26 heavy (non-hydrogen) atoms. The zero-order valence-electron chi connectivity index (χ0n) is 14.7. The van der Waals surface area contributed by atoms with Gasteiger partial charge in [0.25, 0.3) is 0 Å². The topological polar surface area (TPSA) is 82.9 Å². The molecule has 0 radical (unpaired) electrons. The molecule has 0 spiro atoms. The van der Waals surface area contributed by atoms with Crippen molar-refractivity contribution in [3.63, 3.8) is 0 Å². The van der Waals surface area contributed by atoms with Gasteiger partial charge in [-0.05, 0) is 31.5 Å². The fourth-order valence-corrected chi connectivity index (χ4v) is 2.70. The SMILES string of the molecule is Cc1ccc(-c2cc(C(=O)C[C@H](C)c3nc(C)no3)c[n+]([O-])c2)c(F)c1. The van der Waals surface area contributed by atoms with E-state index in [-0.39, 0.29) is 29.2 Å². The van der Waals surface area contributed by atoms with E-state index in [2.05, 4.69) is 10.1 Å². The molecule has 2 aromatic heterocycles. The number of carbonyl (C=O) groups is 1. The molecule has 0 aliphatic carbocycles. The number of carbonyl (C=O) groups excluding carboxylic acids is 1. The van der Waals surface area contributed by atoms with Crippen molar-refractivity contribution in [2.24, 2.45) is 0 Å². The summed E-state index contributed by atoms with van der Waals surface area (Å²) < 4.78 is 19.8. The van der Waals surface area contributed by atoms with Gasteiger partial charge in [0.05, 0.1) is 11.1 Å². The number of ketones is 1. The monoisotopic (exact) mass is 355 g/mol. The van der Waals surface area contributed by atoms with Crippen LogP contribution < -0.4 is 4.73 Å². The minimum atomic E-state index is -0.440. The van der Waals surface area contributed by atoms with Crippen LogP contribution in [0.25, 0.3) is 11.1 Å². The summed E-state index contributed by atoms with van der Waals surface area (Å²) in [5, 5.41) is 15.6. The molecule has 1 atom stereocenters. The van der Waals surface area contributed by atoms with Gasteiger partial charge in [0.2, 0.25) is 5.89 Å². The Labute approximate surface area is 149 Å². The molecule has 0 saturated heterocycles. The number of aryl methyl sites for hydroxylation is 2. The Balaban J connectivity index is 1.88. The lowest BCUT2D eigenvalue weighted by Crippen LogP contribution is -2.27. The van der Waals surface area contributed by atoms with Gasteiger partial charge in [-0.3, -0.25) is 4.79 Å². The summed E-state index contributed by atoms with van der Waals surface area (Å²) in [7, 11) is 0. The summed E-state index contributed by atoms with van der Waals surface area (Å²) in [5.74, 6) is -0.125. The molecule has 0 bridgehead atoms. The van der Waals surface area contributed by atoms with Crippen LogP contribution in [-0.4, -0.2) is 15.9 Å². The van der Waals surface area contributed by atoms with Crippen molar-refractivity contribution in [1.29, 1.82) is 0 Å². The second kappa shape index (κ2) is 7.03. The van der Waals surface area contributed by atoms with Crippen molar-refractivity contribution >= 4 is 5.78 Å². The molecule has 3 aromatic rings. The number of halogens is 1. The van der Waals surface area contributed by atoms with Crippen LogP contribution in [0.4, 0.5) is 4.39 Å². The molecular weight excluding hydrogens is 337 g/mol. The number of aromatic nitrogens is 3. The van der Waals surface area contributed by atoms with Crippen LogP contribution in [-0.2, 0) is 0 Å². The van der Waals surface area contributed by atoms with Gasteiger partial charge in [-0.2, -0.15) is 9.71 Å². The highest BCUT2D eigenvalue weighted by Gasteiger charge is 2.21. The molecule has 3 rings (SSSR count). The Morgan fingerprint density at radius 2 is 2.08 bits per heavy atom. The van der Waals surface area contributed by atoms with E-state index >= 15 is 0 Å². The highest BCUT2D eigenvalue weighted by molar-refractivity contribution is 5.97. The molecule has 0 aliphatic rings. The van der Waals surface area contributed by atoms with Gasteiger partial charge in [0.15, 0.2) is 24.0 Å². The van der Waals surface area contributed by atoms with Gasteiger partial charge in [0, 0.05) is 17.9 Å². The molecular formula is C19H18FN3O3. The van der Waals surface area contributed by atoms with E-state index in [0.717, 1.165) is 5.56 Å². The first-order chi connectivity index (χ1) is 12.3. The maximum absolute atomic E-state index is 14.2. The fraction of sp³-hybridized carbons (Fsp3) is 0.263. The third kappa shape index (κ3) is 3.77. The van der Waals surface area contributed by atoms with Crippen molar-refractivity contribution in [3.05, 3.63) is 70.5 Å². The molecule has 7 heteroatoms. The van der Waals surface area contributed by atoms with Crippen LogP contribution in [0.15, 0.2) is 41.2 Å². The number of nitrogens with zero attached hydrogens (tertiary/aromatic N) is 3. The van der Waals surface area contributed by atoms with Gasteiger partial charge in [0.1, 0.15) is 5.82 Å². The first-order valence-corrected chi connectivity index (χ1v) is 8.17. The van der Waals surface area contributed by atoms with Gasteiger partial charge in [-0.25, -0.2) is 4.39 Å². The summed E-state index contributed by atoms with van der Waals surface area (Å²) in [6, 6.07) is 6.26. The standard InChI is InChI=1S/C19H18FN3O3/c1-11-4-5-16(17(20)6-11)14-8-15(10-23(25)9-14)18(24)7-12(2)19-21-13(3)22-26-19/h4-6,8-10,12H,7H2,1-3H3/t12-/m0/s1. The Morgan fingerprint density at radius 3 is 2.73 bits per heavy atom. The molecule has 1 aromatic carbocycles. The lowest BCUT2D eigenvalue weighted by molar-refractivity contribution is -0.604. The largest absolute Gasteiger partial charge is 0.619 e. The fourth-order valence-electron chi connectivity index (χ4n) is 2.70. The lowest BCUT2D eigenvalue weighted by atomic mass is 9.98. The van der Waals surface area contributed by atoms with Gasteiger partial charge in [-0.15, -0.1) is 0 Å². The normalized spacial score (nSPS) is 12.2. The number of benzene rings is 1. The van der Waals surface area contributed by atoms with Crippen LogP contribution in [0.2, 0.25) is 0 Å². The van der Waals surface area contributed by atoms with Crippen LogP contribution >= 0.6 is 0 Å². The molecule has 0 fully saturated rings. The molecule has 0 N–H and O–H groups in total. The summed E-state index contributed by atoms with van der Waals surface area (Å²) in [5.41, 5.74) is 1.61. The minimum Gasteiger partial charge on any atom is -0.619 e.